The van der Waals surface area contributed by atoms with Crippen molar-refractivity contribution < 1.29 is 14.4 Å². The molecule has 4 rings (SSSR count). The van der Waals surface area contributed by atoms with Crippen molar-refractivity contribution in [2.24, 2.45) is 5.16 Å². The van der Waals surface area contributed by atoms with E-state index in [1.165, 1.54) is 29.2 Å². The number of Topliss-reactive ketones (excluding diaryl/α,β-unsaturated/α-hetero) is 1. The van der Waals surface area contributed by atoms with E-state index < -0.39 is 5.97 Å². The molecule has 0 radical (unpaired) electrons. The normalized spacial score (nSPS) is 16.5. The zero-order valence-corrected chi connectivity index (χ0v) is 14.8. The fourth-order valence-corrected chi connectivity index (χ4v) is 4.07. The van der Waals surface area contributed by atoms with Crippen LogP contribution in [0.4, 0.5) is 0 Å². The van der Waals surface area contributed by atoms with Crippen molar-refractivity contribution in [2.45, 2.75) is 32.1 Å². The lowest BCUT2D eigenvalue weighted by Gasteiger charge is -2.26. The summed E-state index contributed by atoms with van der Waals surface area (Å²) in [5.41, 5.74) is 5.60. The van der Waals surface area contributed by atoms with E-state index in [0.29, 0.717) is 5.56 Å². The highest BCUT2D eigenvalue weighted by Gasteiger charge is 2.43. The van der Waals surface area contributed by atoms with Gasteiger partial charge in [0.25, 0.3) is 0 Å². The molecule has 0 aromatic heterocycles. The first-order valence-corrected chi connectivity index (χ1v) is 8.69. The molecular formula is C22H19NO3. The third-order valence-corrected chi connectivity index (χ3v) is 5.27. The molecule has 0 amide bonds. The Morgan fingerprint density at radius 1 is 0.962 bits per heavy atom. The SMILES string of the molecule is CC(=O)O/N=C(\C)C(=O)c1ccc2c(c1)C1(CC=CC1)c1ccccc1-2. The summed E-state index contributed by atoms with van der Waals surface area (Å²) < 4.78 is 0. The average Bonchev–Trinajstić information content (AvgIpc) is 3.25. The van der Waals surface area contributed by atoms with Crippen molar-refractivity contribution in [3.63, 3.8) is 0 Å². The van der Waals surface area contributed by atoms with E-state index in [4.69, 9.17) is 0 Å². The molecule has 130 valence electrons. The number of ketones is 1. The first-order chi connectivity index (χ1) is 12.5. The lowest BCUT2D eigenvalue weighted by Crippen LogP contribution is -2.22. The molecule has 0 unspecified atom stereocenters. The maximum absolute atomic E-state index is 12.7. The second-order valence-corrected chi connectivity index (χ2v) is 6.86. The summed E-state index contributed by atoms with van der Waals surface area (Å²) in [5, 5.41) is 3.63. The zero-order valence-electron chi connectivity index (χ0n) is 14.8. The maximum Gasteiger partial charge on any atom is 0.331 e. The van der Waals surface area contributed by atoms with Gasteiger partial charge < -0.3 is 4.84 Å². The Bertz CT molecular complexity index is 977. The van der Waals surface area contributed by atoms with E-state index in [-0.39, 0.29) is 16.9 Å². The highest BCUT2D eigenvalue weighted by molar-refractivity contribution is 6.45. The molecule has 4 nitrogen and oxygen atoms in total. The predicted octanol–water partition coefficient (Wildman–Crippen LogP) is 4.42. The van der Waals surface area contributed by atoms with Gasteiger partial charge >= 0.3 is 5.97 Å². The minimum Gasteiger partial charge on any atom is -0.318 e. The van der Waals surface area contributed by atoms with E-state index in [1.54, 1.807) is 6.92 Å². The Labute approximate surface area is 152 Å². The Hall–Kier alpha value is -3.01. The number of oxime groups is 1. The number of rotatable bonds is 3. The van der Waals surface area contributed by atoms with E-state index in [9.17, 15) is 9.59 Å². The Kier molecular flexibility index (Phi) is 3.83. The topological polar surface area (TPSA) is 55.7 Å². The number of hydrogen-bond donors (Lipinski definition) is 0. The molecule has 0 fully saturated rings. The highest BCUT2D eigenvalue weighted by Crippen LogP contribution is 2.54. The number of carbonyl (C=O) groups is 2. The molecule has 0 atom stereocenters. The highest BCUT2D eigenvalue weighted by atomic mass is 16.7. The monoisotopic (exact) mass is 345 g/mol. The Balaban J connectivity index is 1.78. The largest absolute Gasteiger partial charge is 0.331 e. The molecular weight excluding hydrogens is 326 g/mol. The van der Waals surface area contributed by atoms with Crippen molar-refractivity contribution in [3.8, 4) is 11.1 Å². The Morgan fingerprint density at radius 2 is 1.65 bits per heavy atom. The number of carbonyl (C=O) groups excluding carboxylic acids is 2. The minimum atomic E-state index is -0.544. The first-order valence-electron chi connectivity index (χ1n) is 8.69. The van der Waals surface area contributed by atoms with Gasteiger partial charge in [0.1, 0.15) is 5.71 Å². The number of benzene rings is 2. The van der Waals surface area contributed by atoms with E-state index in [2.05, 4.69) is 46.4 Å². The summed E-state index contributed by atoms with van der Waals surface area (Å²) >= 11 is 0. The van der Waals surface area contributed by atoms with Crippen LogP contribution < -0.4 is 0 Å². The molecule has 26 heavy (non-hydrogen) atoms. The fourth-order valence-electron chi connectivity index (χ4n) is 4.07. The lowest BCUT2D eigenvalue weighted by atomic mass is 9.75. The van der Waals surface area contributed by atoms with Crippen LogP contribution in [0, 0.1) is 0 Å². The molecule has 0 saturated heterocycles. The summed E-state index contributed by atoms with van der Waals surface area (Å²) in [5.74, 6) is -0.774. The summed E-state index contributed by atoms with van der Waals surface area (Å²) in [6.07, 6.45) is 6.31. The van der Waals surface area contributed by atoms with Gasteiger partial charge in [-0.1, -0.05) is 53.7 Å². The molecule has 2 aliphatic rings. The molecule has 2 aliphatic carbocycles. The predicted molar refractivity (Wildman–Crippen MR) is 100 cm³/mol. The van der Waals surface area contributed by atoms with Crippen molar-refractivity contribution >= 4 is 17.5 Å². The van der Waals surface area contributed by atoms with Crippen LogP contribution in [-0.2, 0) is 15.0 Å². The lowest BCUT2D eigenvalue weighted by molar-refractivity contribution is -0.140. The van der Waals surface area contributed by atoms with Crippen LogP contribution in [-0.4, -0.2) is 17.5 Å². The van der Waals surface area contributed by atoms with Gasteiger partial charge in [-0.05, 0) is 48.1 Å². The third-order valence-electron chi connectivity index (χ3n) is 5.27. The molecule has 0 heterocycles. The van der Waals surface area contributed by atoms with Crippen molar-refractivity contribution in [3.05, 3.63) is 71.3 Å². The van der Waals surface area contributed by atoms with Crippen LogP contribution in [0.15, 0.2) is 59.8 Å². The fraction of sp³-hybridized carbons (Fsp3) is 0.227. The van der Waals surface area contributed by atoms with Gasteiger partial charge in [-0.15, -0.1) is 0 Å². The van der Waals surface area contributed by atoms with Gasteiger partial charge in [0.15, 0.2) is 0 Å². The molecule has 0 aliphatic heterocycles. The summed E-state index contributed by atoms with van der Waals surface area (Å²) in [6.45, 7) is 2.81. The summed E-state index contributed by atoms with van der Waals surface area (Å²) in [6, 6.07) is 14.3. The van der Waals surface area contributed by atoms with Crippen LogP contribution in [0.3, 0.4) is 0 Å². The molecule has 0 N–H and O–H groups in total. The van der Waals surface area contributed by atoms with Gasteiger partial charge in [-0.2, -0.15) is 0 Å². The number of nitrogens with zero attached hydrogens (tertiary/aromatic N) is 1. The number of allylic oxidation sites excluding steroid dienone is 2. The third kappa shape index (κ3) is 2.41. The standard InChI is InChI=1S/C22H19NO3/c1-14(23-26-15(2)24)21(25)16-9-10-18-17-7-3-4-8-19(17)22(20(18)13-16)11-5-6-12-22/h3-10,13H,11-12H2,1-2H3/b23-14+. The molecule has 0 saturated carbocycles. The van der Waals surface area contributed by atoms with Crippen LogP contribution in [0.1, 0.15) is 48.2 Å². The van der Waals surface area contributed by atoms with Crippen LogP contribution in [0.25, 0.3) is 11.1 Å². The molecule has 2 aromatic carbocycles. The van der Waals surface area contributed by atoms with Gasteiger partial charge in [0, 0.05) is 17.9 Å². The van der Waals surface area contributed by atoms with Crippen LogP contribution in [0.2, 0.25) is 0 Å². The first kappa shape index (κ1) is 16.5. The summed E-state index contributed by atoms with van der Waals surface area (Å²) in [4.78, 5) is 28.2. The molecule has 0 bridgehead atoms. The van der Waals surface area contributed by atoms with Crippen molar-refractivity contribution in [1.29, 1.82) is 0 Å². The Morgan fingerprint density at radius 3 is 2.38 bits per heavy atom. The molecule has 2 aromatic rings. The quantitative estimate of drug-likeness (QED) is 0.272. The van der Waals surface area contributed by atoms with Gasteiger partial charge in [0.2, 0.25) is 5.78 Å². The zero-order chi connectivity index (χ0) is 18.3. The van der Waals surface area contributed by atoms with Crippen LogP contribution in [0.5, 0.6) is 0 Å². The maximum atomic E-state index is 12.7. The van der Waals surface area contributed by atoms with E-state index in [0.717, 1.165) is 12.8 Å². The summed E-state index contributed by atoms with van der Waals surface area (Å²) in [7, 11) is 0. The van der Waals surface area contributed by atoms with Gasteiger partial charge in [-0.3, -0.25) is 4.79 Å². The van der Waals surface area contributed by atoms with Gasteiger partial charge in [0.05, 0.1) is 0 Å². The second kappa shape index (κ2) is 6.06. The second-order valence-electron chi connectivity index (χ2n) is 6.86. The smallest absolute Gasteiger partial charge is 0.318 e. The minimum absolute atomic E-state index is 0.0802. The van der Waals surface area contributed by atoms with Crippen molar-refractivity contribution in [2.75, 3.05) is 0 Å². The molecule has 4 heteroatoms. The number of hydrogen-bond acceptors (Lipinski definition) is 4. The average molecular weight is 345 g/mol. The van der Waals surface area contributed by atoms with Crippen molar-refractivity contribution in [1.82, 2.24) is 0 Å². The van der Waals surface area contributed by atoms with E-state index >= 15 is 0 Å². The number of fused-ring (bicyclic) bond motifs is 5. The van der Waals surface area contributed by atoms with Crippen LogP contribution >= 0.6 is 0 Å². The van der Waals surface area contributed by atoms with Gasteiger partial charge in [-0.25, -0.2) is 4.79 Å². The molecule has 1 spiro atoms. The van der Waals surface area contributed by atoms with E-state index in [1.807, 2.05) is 18.2 Å².